The number of alkyl halides is 3. The van der Waals surface area contributed by atoms with Crippen LogP contribution in [0.15, 0.2) is 30.5 Å². The molecule has 1 aromatic carbocycles. The first-order chi connectivity index (χ1) is 13.8. The predicted octanol–water partition coefficient (Wildman–Crippen LogP) is 4.39. The van der Waals surface area contributed by atoms with Crippen LogP contribution in [0, 0.1) is 0 Å². The summed E-state index contributed by atoms with van der Waals surface area (Å²) in [4.78, 5) is 16.0. The Balaban J connectivity index is 1.97. The van der Waals surface area contributed by atoms with Crippen LogP contribution in [0.4, 0.5) is 19.0 Å². The number of rotatable bonds is 9. The minimum Gasteiger partial charge on any atom is -0.493 e. The van der Waals surface area contributed by atoms with Crippen LogP contribution < -0.4 is 20.1 Å². The largest absolute Gasteiger partial charge is 0.493 e. The number of anilines is 1. The van der Waals surface area contributed by atoms with E-state index in [1.54, 1.807) is 0 Å². The van der Waals surface area contributed by atoms with Gasteiger partial charge in [0.1, 0.15) is 5.82 Å². The summed E-state index contributed by atoms with van der Waals surface area (Å²) >= 11 is 6.18. The molecule has 0 bridgehead atoms. The first-order valence-electron chi connectivity index (χ1n) is 8.82. The van der Waals surface area contributed by atoms with E-state index < -0.39 is 17.6 Å². The first-order valence-corrected chi connectivity index (χ1v) is 9.20. The molecule has 0 saturated carbocycles. The molecule has 1 aromatic heterocycles. The number of carbonyl (C=O) groups excluding carboxylic acids is 1. The molecule has 0 spiro atoms. The summed E-state index contributed by atoms with van der Waals surface area (Å²) in [6.45, 7) is 2.51. The van der Waals surface area contributed by atoms with Gasteiger partial charge in [-0.15, -0.1) is 0 Å². The van der Waals surface area contributed by atoms with Crippen molar-refractivity contribution in [2.75, 3.05) is 32.1 Å². The van der Waals surface area contributed by atoms with Crippen LogP contribution in [0.25, 0.3) is 0 Å². The van der Waals surface area contributed by atoms with Crippen molar-refractivity contribution in [2.24, 2.45) is 0 Å². The Hall–Kier alpha value is -2.68. The van der Waals surface area contributed by atoms with Crippen LogP contribution >= 0.6 is 11.6 Å². The van der Waals surface area contributed by atoms with Crippen molar-refractivity contribution in [3.05, 3.63) is 46.6 Å². The van der Waals surface area contributed by atoms with Crippen molar-refractivity contribution < 1.29 is 27.4 Å². The SMILES string of the molecule is CCCOc1c(Cl)cc(C(=O)NCCNc2ncccc2C(F)(F)F)cc1OC. The van der Waals surface area contributed by atoms with Crippen LogP contribution in [0.2, 0.25) is 5.02 Å². The summed E-state index contributed by atoms with van der Waals surface area (Å²) in [5, 5.41) is 5.41. The van der Waals surface area contributed by atoms with Crippen molar-refractivity contribution in [2.45, 2.75) is 19.5 Å². The lowest BCUT2D eigenvalue weighted by Gasteiger charge is -2.15. The van der Waals surface area contributed by atoms with E-state index in [2.05, 4.69) is 15.6 Å². The lowest BCUT2D eigenvalue weighted by molar-refractivity contribution is -0.137. The molecule has 1 heterocycles. The summed E-state index contributed by atoms with van der Waals surface area (Å²) in [6, 6.07) is 5.07. The van der Waals surface area contributed by atoms with Crippen LogP contribution in [0.5, 0.6) is 11.5 Å². The van der Waals surface area contributed by atoms with Gasteiger partial charge in [-0.25, -0.2) is 4.98 Å². The van der Waals surface area contributed by atoms with E-state index in [1.165, 1.54) is 31.5 Å². The standard InChI is InChI=1S/C19H21ClF3N3O3/c1-3-9-29-16-14(20)10-12(11-15(16)28-2)18(27)26-8-7-25-17-13(19(21,22)23)5-4-6-24-17/h4-6,10-11H,3,7-9H2,1-2H3,(H,24,25)(H,26,27). The molecule has 2 aromatic rings. The maximum Gasteiger partial charge on any atom is 0.419 e. The number of ether oxygens (including phenoxy) is 2. The van der Waals surface area contributed by atoms with Gasteiger partial charge in [0.15, 0.2) is 11.5 Å². The number of aromatic nitrogens is 1. The average molecular weight is 432 g/mol. The van der Waals surface area contributed by atoms with E-state index in [0.717, 1.165) is 12.5 Å². The number of benzene rings is 1. The molecule has 0 aliphatic carbocycles. The second kappa shape index (κ2) is 10.2. The number of pyridine rings is 1. The minimum absolute atomic E-state index is 0.0500. The van der Waals surface area contributed by atoms with Crippen LogP contribution in [0.3, 0.4) is 0 Å². The van der Waals surface area contributed by atoms with E-state index in [9.17, 15) is 18.0 Å². The fraction of sp³-hybridized carbons (Fsp3) is 0.368. The van der Waals surface area contributed by atoms with Crippen LogP contribution in [0.1, 0.15) is 29.3 Å². The highest BCUT2D eigenvalue weighted by molar-refractivity contribution is 6.32. The van der Waals surface area contributed by atoms with Crippen molar-refractivity contribution in [1.82, 2.24) is 10.3 Å². The molecule has 1 amide bonds. The number of amides is 1. The fourth-order valence-electron chi connectivity index (χ4n) is 2.43. The van der Waals surface area contributed by atoms with Gasteiger partial charge in [-0.05, 0) is 30.7 Å². The fourth-order valence-corrected chi connectivity index (χ4v) is 2.69. The average Bonchev–Trinajstić information content (AvgIpc) is 2.69. The molecule has 2 N–H and O–H groups in total. The molecule has 10 heteroatoms. The molecule has 0 aliphatic heterocycles. The Morgan fingerprint density at radius 1 is 1.28 bits per heavy atom. The molecular formula is C19H21ClF3N3O3. The molecule has 0 fully saturated rings. The van der Waals surface area contributed by atoms with Crippen molar-refractivity contribution in [3.63, 3.8) is 0 Å². The van der Waals surface area contributed by atoms with Gasteiger partial charge in [-0.1, -0.05) is 18.5 Å². The minimum atomic E-state index is -4.52. The summed E-state index contributed by atoms with van der Waals surface area (Å²) in [7, 11) is 1.43. The highest BCUT2D eigenvalue weighted by atomic mass is 35.5. The highest BCUT2D eigenvalue weighted by Gasteiger charge is 2.33. The summed E-state index contributed by atoms with van der Waals surface area (Å²) in [5.41, 5.74) is -0.630. The van der Waals surface area contributed by atoms with E-state index >= 15 is 0 Å². The second-order valence-electron chi connectivity index (χ2n) is 5.92. The molecule has 158 valence electrons. The third-order valence-corrected chi connectivity index (χ3v) is 4.04. The lowest BCUT2D eigenvalue weighted by Crippen LogP contribution is -2.29. The summed E-state index contributed by atoms with van der Waals surface area (Å²) in [5.74, 6) is -0.0795. The zero-order valence-electron chi connectivity index (χ0n) is 15.9. The molecule has 29 heavy (non-hydrogen) atoms. The maximum absolute atomic E-state index is 12.9. The topological polar surface area (TPSA) is 72.5 Å². The number of carbonyl (C=O) groups is 1. The number of hydrogen-bond acceptors (Lipinski definition) is 5. The molecule has 0 atom stereocenters. The smallest absolute Gasteiger partial charge is 0.419 e. The molecular weight excluding hydrogens is 411 g/mol. The third-order valence-electron chi connectivity index (χ3n) is 3.76. The number of methoxy groups -OCH3 is 1. The molecule has 2 rings (SSSR count). The van der Waals surface area contributed by atoms with Gasteiger partial charge in [0, 0.05) is 24.8 Å². The van der Waals surface area contributed by atoms with Gasteiger partial charge in [-0.2, -0.15) is 13.2 Å². The van der Waals surface area contributed by atoms with Crippen molar-refractivity contribution in [1.29, 1.82) is 0 Å². The van der Waals surface area contributed by atoms with E-state index in [0.29, 0.717) is 18.1 Å². The normalized spacial score (nSPS) is 11.1. The summed E-state index contributed by atoms with van der Waals surface area (Å²) < 4.78 is 49.6. The highest BCUT2D eigenvalue weighted by Crippen LogP contribution is 2.36. The molecule has 0 unspecified atom stereocenters. The maximum atomic E-state index is 12.9. The van der Waals surface area contributed by atoms with E-state index in [-0.39, 0.29) is 29.5 Å². The Labute approximate surface area is 171 Å². The van der Waals surface area contributed by atoms with Crippen molar-refractivity contribution in [3.8, 4) is 11.5 Å². The van der Waals surface area contributed by atoms with Gasteiger partial charge < -0.3 is 20.1 Å². The van der Waals surface area contributed by atoms with Gasteiger partial charge in [-0.3, -0.25) is 4.79 Å². The Morgan fingerprint density at radius 3 is 2.69 bits per heavy atom. The lowest BCUT2D eigenvalue weighted by atomic mass is 10.2. The molecule has 0 radical (unpaired) electrons. The number of nitrogens with one attached hydrogen (secondary N) is 2. The third kappa shape index (κ3) is 6.15. The Kier molecular flexibility index (Phi) is 7.95. The molecule has 0 aliphatic rings. The number of hydrogen-bond donors (Lipinski definition) is 2. The Bertz CT molecular complexity index is 847. The van der Waals surface area contributed by atoms with E-state index in [1.807, 2.05) is 6.92 Å². The predicted molar refractivity (Wildman–Crippen MR) is 104 cm³/mol. The van der Waals surface area contributed by atoms with Crippen LogP contribution in [-0.4, -0.2) is 37.7 Å². The van der Waals surface area contributed by atoms with Gasteiger partial charge in [0.05, 0.1) is 24.3 Å². The van der Waals surface area contributed by atoms with Gasteiger partial charge in [0.25, 0.3) is 5.91 Å². The zero-order chi connectivity index (χ0) is 21.4. The number of nitrogens with zero attached hydrogens (tertiary/aromatic N) is 1. The quantitative estimate of drug-likeness (QED) is 0.576. The van der Waals surface area contributed by atoms with Gasteiger partial charge >= 0.3 is 6.18 Å². The second-order valence-corrected chi connectivity index (χ2v) is 6.33. The number of halogens is 4. The van der Waals surface area contributed by atoms with Gasteiger partial charge in [0.2, 0.25) is 0 Å². The first kappa shape index (κ1) is 22.6. The Morgan fingerprint density at radius 2 is 2.03 bits per heavy atom. The molecule has 0 saturated heterocycles. The van der Waals surface area contributed by atoms with Crippen LogP contribution in [-0.2, 0) is 6.18 Å². The van der Waals surface area contributed by atoms with E-state index in [4.69, 9.17) is 21.1 Å². The monoisotopic (exact) mass is 431 g/mol. The summed E-state index contributed by atoms with van der Waals surface area (Å²) in [6.07, 6.45) is -2.48. The molecule has 6 nitrogen and oxygen atoms in total. The zero-order valence-corrected chi connectivity index (χ0v) is 16.7. The van der Waals surface area contributed by atoms with Crippen molar-refractivity contribution >= 4 is 23.3 Å².